The number of aromatic nitrogens is 3. The summed E-state index contributed by atoms with van der Waals surface area (Å²) in [7, 11) is 0. The molecule has 1 spiro atoms. The molecule has 2 unspecified atom stereocenters. The van der Waals surface area contributed by atoms with Gasteiger partial charge in [0, 0.05) is 6.20 Å². The number of hydrogen-bond acceptors (Lipinski definition) is 3. The molecular formula is C56H50N4OPt-2. The number of para-hydroxylation sites is 3. The molecule has 5 nitrogen and oxygen atoms in total. The minimum absolute atomic E-state index is 0.0161. The third-order valence-corrected chi connectivity index (χ3v) is 14.9. The molecule has 2 fully saturated rings. The van der Waals surface area contributed by atoms with E-state index in [0.717, 1.165) is 37.7 Å². The van der Waals surface area contributed by atoms with E-state index < -0.39 is 0 Å². The Bertz CT molecular complexity index is 2950. The summed E-state index contributed by atoms with van der Waals surface area (Å²) in [5.74, 6) is 3.55. The summed E-state index contributed by atoms with van der Waals surface area (Å²) in [6.45, 7) is 6.87. The van der Waals surface area contributed by atoms with Crippen LogP contribution in [0.2, 0.25) is 0 Å². The number of benzene rings is 6. The molecule has 6 heteroatoms. The summed E-state index contributed by atoms with van der Waals surface area (Å²) in [6.07, 6.45) is 10.7. The normalized spacial score (nSPS) is 18.0. The average Bonchev–Trinajstić information content (AvgIpc) is 4.06. The quantitative estimate of drug-likeness (QED) is 0.149. The van der Waals surface area contributed by atoms with Gasteiger partial charge in [-0.25, -0.2) is 0 Å². The first-order valence-corrected chi connectivity index (χ1v) is 23.4. The Morgan fingerprint density at radius 2 is 1.31 bits per heavy atom. The molecule has 0 bridgehead atoms. The molecule has 3 heterocycles. The number of ether oxygens (including phenoxy) is 1. The molecule has 3 aliphatic rings. The van der Waals surface area contributed by atoms with E-state index in [0.29, 0.717) is 23.3 Å². The van der Waals surface area contributed by atoms with Crippen LogP contribution in [0.25, 0.3) is 44.7 Å². The molecule has 2 atom stereocenters. The van der Waals surface area contributed by atoms with Gasteiger partial charge in [-0.2, -0.15) is 0 Å². The van der Waals surface area contributed by atoms with Gasteiger partial charge in [0.1, 0.15) is 0 Å². The van der Waals surface area contributed by atoms with Crippen LogP contribution in [0.15, 0.2) is 152 Å². The average molecular weight is 990 g/mol. The maximum absolute atomic E-state index is 6.85. The second-order valence-electron chi connectivity index (χ2n) is 18.4. The van der Waals surface area contributed by atoms with Crippen molar-refractivity contribution in [1.29, 1.82) is 0 Å². The fourth-order valence-corrected chi connectivity index (χ4v) is 12.2. The molecular weight excluding hydrogens is 940 g/mol. The summed E-state index contributed by atoms with van der Waals surface area (Å²) in [5, 5.41) is 0. The van der Waals surface area contributed by atoms with Gasteiger partial charge in [0.05, 0.1) is 0 Å². The second kappa shape index (κ2) is 15.5. The topological polar surface area (TPSA) is 35.2 Å². The summed E-state index contributed by atoms with van der Waals surface area (Å²) in [5.41, 5.74) is 12.8. The zero-order chi connectivity index (χ0) is 42.0. The Labute approximate surface area is 376 Å². The minimum atomic E-state index is 0.0161. The Morgan fingerprint density at radius 1 is 0.661 bits per heavy atom. The van der Waals surface area contributed by atoms with Gasteiger partial charge in [-0.05, 0) is 23.5 Å². The second-order valence-corrected chi connectivity index (χ2v) is 19.4. The summed E-state index contributed by atoms with van der Waals surface area (Å²) in [4.78, 5) is 7.74. The number of anilines is 2. The van der Waals surface area contributed by atoms with E-state index in [-0.39, 0.29) is 11.0 Å². The molecule has 2 aliphatic carbocycles. The predicted molar refractivity (Wildman–Crippen MR) is 247 cm³/mol. The zero-order valence-electron chi connectivity index (χ0n) is 35.6. The third-order valence-electron chi connectivity index (χ3n) is 13.9. The van der Waals surface area contributed by atoms with Crippen LogP contribution < -0.4 is 9.64 Å². The van der Waals surface area contributed by atoms with Crippen molar-refractivity contribution in [3.8, 4) is 45.1 Å². The Kier molecular flexibility index (Phi) is 9.80. The van der Waals surface area contributed by atoms with Gasteiger partial charge in [-0.1, -0.05) is 40.0 Å². The van der Waals surface area contributed by atoms with E-state index in [1.165, 1.54) is 78.3 Å². The molecule has 8 aromatic rings. The van der Waals surface area contributed by atoms with Crippen LogP contribution >= 0.6 is 0 Å². The van der Waals surface area contributed by atoms with Crippen LogP contribution in [0.1, 0.15) is 82.8 Å². The molecule has 2 saturated carbocycles. The molecule has 11 rings (SSSR count). The van der Waals surface area contributed by atoms with Gasteiger partial charge in [-0.3, -0.25) is 0 Å². The van der Waals surface area contributed by atoms with Crippen LogP contribution in [0.3, 0.4) is 0 Å². The van der Waals surface area contributed by atoms with Crippen LogP contribution in [0.4, 0.5) is 11.5 Å². The Balaban J connectivity index is 1.03. The van der Waals surface area contributed by atoms with Crippen LogP contribution in [-0.2, 0) is 24.8 Å². The number of hydrogen-bond donors (Lipinski definition) is 0. The fraction of sp³-hybridized carbons (Fsp3) is 0.250. The number of fused-ring (bicyclic) bond motifs is 5. The van der Waals surface area contributed by atoms with E-state index >= 15 is 0 Å². The smallest absolute Gasteiger partial charge is 0.0510 e. The zero-order valence-corrected chi connectivity index (χ0v) is 37.8. The number of imidazole rings is 1. The number of rotatable bonds is 7. The summed E-state index contributed by atoms with van der Waals surface area (Å²) >= 11 is 2.50. The standard InChI is InChI=1S/C56H50N4O.Pt/c1-55(2,3)41-31-34-57-53(35-41)60-52-37-44(29-30-48(52)47-25-16-26-49(47)56(60)32-12-13-33-56)61-43-22-14-21-42(36-43)58-38-59(51-28-11-10-27-50(51)58)54-45(39-17-6-4-7-18-39)23-15-24-46(54)40-19-8-5-9-20-40;/h4-11,14-15,17-24,27-31,34-35,47,49H,12-13,16,25-26,32-33H2,1-3H3;/q-2;. The Morgan fingerprint density at radius 3 is 2.00 bits per heavy atom. The molecule has 2 aromatic heterocycles. The molecule has 0 amide bonds. The van der Waals surface area contributed by atoms with Crippen molar-refractivity contribution in [3.63, 3.8) is 0 Å². The van der Waals surface area contributed by atoms with Crippen molar-refractivity contribution in [2.24, 2.45) is 5.92 Å². The van der Waals surface area contributed by atoms with Crippen molar-refractivity contribution >= 4 is 22.5 Å². The van der Waals surface area contributed by atoms with Crippen molar-refractivity contribution < 1.29 is 24.1 Å². The van der Waals surface area contributed by atoms with Crippen LogP contribution in [0, 0.1) is 21.9 Å². The van der Waals surface area contributed by atoms with Crippen LogP contribution in [-0.4, -0.2) is 19.7 Å². The molecule has 62 heavy (non-hydrogen) atoms. The van der Waals surface area contributed by atoms with E-state index in [1.807, 2.05) is 12.3 Å². The van der Waals surface area contributed by atoms with Gasteiger partial charge in [-0.15, -0.1) is 0 Å². The molecule has 0 N–H and O–H groups in total. The number of pyridine rings is 1. The SMILES string of the molecule is CC(C)(C)c1ccnc(N2c3[c-]c(Oc4[c-]c(-n5[c](=[Pt])n(-c6c(-c7ccccc7)cccc6-c6ccccc6)c6ccccc65)ccc4)ccc3C3CCCC3C23CCCC3)c1. The third kappa shape index (κ3) is 6.54. The minimum Gasteiger partial charge on any atom is -0.0510 e. The van der Waals surface area contributed by atoms with Crippen molar-refractivity contribution in [2.45, 2.75) is 82.6 Å². The van der Waals surface area contributed by atoms with Gasteiger partial charge >= 0.3 is 308 Å². The molecule has 0 saturated heterocycles. The molecule has 312 valence electrons. The predicted octanol–water partition coefficient (Wildman–Crippen LogP) is 14.3. The van der Waals surface area contributed by atoms with Crippen LogP contribution in [0.5, 0.6) is 11.5 Å². The van der Waals surface area contributed by atoms with Gasteiger partial charge in [0.2, 0.25) is 0 Å². The summed E-state index contributed by atoms with van der Waals surface area (Å²) in [6, 6.07) is 59.5. The van der Waals surface area contributed by atoms with Crippen molar-refractivity contribution in [1.82, 2.24) is 14.1 Å². The Hall–Kier alpha value is -5.77. The molecule has 1 aliphatic heterocycles. The van der Waals surface area contributed by atoms with E-state index in [4.69, 9.17) is 9.72 Å². The molecule has 0 radical (unpaired) electrons. The maximum atomic E-state index is 6.85. The fourth-order valence-electron chi connectivity index (χ4n) is 11.1. The van der Waals surface area contributed by atoms with Gasteiger partial charge in [0.15, 0.2) is 0 Å². The van der Waals surface area contributed by atoms with E-state index in [2.05, 4.69) is 206 Å². The first kappa shape index (κ1) is 39.1. The first-order chi connectivity index (χ1) is 30.3. The van der Waals surface area contributed by atoms with E-state index in [9.17, 15) is 0 Å². The number of nitrogens with zero attached hydrogens (tertiary/aromatic N) is 4. The van der Waals surface area contributed by atoms with E-state index in [1.54, 1.807) is 0 Å². The van der Waals surface area contributed by atoms with Crippen molar-refractivity contribution in [2.75, 3.05) is 4.90 Å². The summed E-state index contributed by atoms with van der Waals surface area (Å²) < 4.78 is 12.6. The van der Waals surface area contributed by atoms with Crippen molar-refractivity contribution in [3.05, 3.63) is 179 Å². The first-order valence-electron chi connectivity index (χ1n) is 22.2. The molecule has 6 aromatic carbocycles. The monoisotopic (exact) mass is 989 g/mol. The van der Waals surface area contributed by atoms with Gasteiger partial charge in [0.25, 0.3) is 0 Å². The van der Waals surface area contributed by atoms with Gasteiger partial charge < -0.3 is 0 Å².